The van der Waals surface area contributed by atoms with Gasteiger partial charge in [-0.1, -0.05) is 26.0 Å². The fraction of sp³-hybridized carbons (Fsp3) is 0.292. The average molecular weight is 554 g/mol. The van der Waals surface area contributed by atoms with Gasteiger partial charge in [0.05, 0.1) is 40.2 Å². The monoisotopic (exact) mass is 554 g/mol. The van der Waals surface area contributed by atoms with E-state index in [0.717, 1.165) is 11.3 Å². The molecule has 0 spiro atoms. The number of likely N-dealkylation sites (tertiary alicyclic amines) is 1. The van der Waals surface area contributed by atoms with Crippen LogP contribution in [0.1, 0.15) is 41.9 Å². The number of hydrogen-bond donors (Lipinski definition) is 0. The maximum Gasteiger partial charge on any atom is 0.263 e. The van der Waals surface area contributed by atoms with Crippen LogP contribution < -0.4 is 0 Å². The number of imidazole rings is 1. The van der Waals surface area contributed by atoms with Gasteiger partial charge in [-0.05, 0) is 36.1 Å². The fourth-order valence-electron chi connectivity index (χ4n) is 4.00. The number of carbonyl (C=O) groups excluding carboxylic acids is 2. The first-order valence-electron chi connectivity index (χ1n) is 10.5. The Bertz CT molecular complexity index is 1240. The van der Waals surface area contributed by atoms with Crippen molar-refractivity contribution in [1.82, 2.24) is 22.4 Å². The Morgan fingerprint density at radius 1 is 1.33 bits per heavy atom. The molecule has 8 nitrogen and oxygen atoms in total. The van der Waals surface area contributed by atoms with Gasteiger partial charge in [-0.15, -0.1) is 0 Å². The Labute approximate surface area is 206 Å². The molecule has 0 N–H and O–H groups in total. The van der Waals surface area contributed by atoms with Crippen LogP contribution in [0.25, 0.3) is 17.8 Å². The van der Waals surface area contributed by atoms with Crippen LogP contribution in [-0.4, -0.2) is 53.3 Å². The topological polar surface area (TPSA) is 94.6 Å². The van der Waals surface area contributed by atoms with Crippen LogP contribution in [0.4, 0.5) is 0 Å². The minimum absolute atomic E-state index is 0.106. The number of rotatable bonds is 5. The van der Waals surface area contributed by atoms with Gasteiger partial charge in [0.2, 0.25) is 5.91 Å². The molecule has 2 amide bonds. The van der Waals surface area contributed by atoms with E-state index in [-0.39, 0.29) is 23.8 Å². The second kappa shape index (κ2) is 9.31. The van der Waals surface area contributed by atoms with E-state index < -0.39 is 6.04 Å². The van der Waals surface area contributed by atoms with E-state index in [9.17, 15) is 14.9 Å². The largest absolute Gasteiger partial charge is 0.325 e. The number of fused-ring (bicyclic) bond motifs is 1. The van der Waals surface area contributed by atoms with Crippen molar-refractivity contribution in [2.24, 2.45) is 5.41 Å². The van der Waals surface area contributed by atoms with Crippen molar-refractivity contribution >= 4 is 52.5 Å². The lowest BCUT2D eigenvalue weighted by atomic mass is 9.91. The molecule has 4 heterocycles. The van der Waals surface area contributed by atoms with Crippen LogP contribution in [0.5, 0.6) is 0 Å². The minimum atomic E-state index is -0.461. The molecule has 1 unspecified atom stereocenters. The van der Waals surface area contributed by atoms with Gasteiger partial charge >= 0.3 is 0 Å². The summed E-state index contributed by atoms with van der Waals surface area (Å²) in [5.74, 6) is -0.529. The number of nitriles is 1. The zero-order valence-electron chi connectivity index (χ0n) is 18.3. The SMILES string of the molecule is CC1(C)CC(C#N)N(C(=O)CN(I)C(=O)c2ccncc2/C=C/c2cn3ccccc3n2)C1. The van der Waals surface area contributed by atoms with Crippen molar-refractivity contribution in [2.75, 3.05) is 13.1 Å². The van der Waals surface area contributed by atoms with Gasteiger partial charge in [-0.3, -0.25) is 17.7 Å². The third-order valence-corrected chi connectivity index (χ3v) is 6.36. The van der Waals surface area contributed by atoms with E-state index in [1.807, 2.05) is 77.8 Å². The highest BCUT2D eigenvalue weighted by Gasteiger charge is 2.40. The fourth-order valence-corrected chi connectivity index (χ4v) is 4.55. The Hall–Kier alpha value is -3.26. The van der Waals surface area contributed by atoms with Crippen molar-refractivity contribution in [3.8, 4) is 6.07 Å². The number of aromatic nitrogens is 3. The maximum atomic E-state index is 13.1. The molecule has 0 aromatic carbocycles. The first kappa shape index (κ1) is 22.9. The van der Waals surface area contributed by atoms with Gasteiger partial charge in [0.25, 0.3) is 5.91 Å². The first-order chi connectivity index (χ1) is 15.8. The molecule has 3 aromatic heterocycles. The lowest BCUT2D eigenvalue weighted by Gasteiger charge is -2.24. The average Bonchev–Trinajstić information content (AvgIpc) is 3.36. The van der Waals surface area contributed by atoms with Crippen LogP contribution in [-0.2, 0) is 4.79 Å². The number of pyridine rings is 2. The van der Waals surface area contributed by atoms with Gasteiger partial charge < -0.3 is 9.30 Å². The minimum Gasteiger partial charge on any atom is -0.325 e. The molecule has 4 rings (SSSR count). The predicted octanol–water partition coefficient (Wildman–Crippen LogP) is 3.84. The highest BCUT2D eigenvalue weighted by atomic mass is 127. The molecule has 1 fully saturated rings. The number of carbonyl (C=O) groups is 2. The summed E-state index contributed by atoms with van der Waals surface area (Å²) in [4.78, 5) is 36.3. The summed E-state index contributed by atoms with van der Waals surface area (Å²) in [6.45, 7) is 4.48. The van der Waals surface area contributed by atoms with Crippen molar-refractivity contribution < 1.29 is 9.59 Å². The summed E-state index contributed by atoms with van der Waals surface area (Å²) in [5.41, 5.74) is 2.54. The number of amides is 2. The van der Waals surface area contributed by atoms with E-state index >= 15 is 0 Å². The summed E-state index contributed by atoms with van der Waals surface area (Å²) in [6.07, 6.45) is 11.2. The van der Waals surface area contributed by atoms with Crippen LogP contribution in [0.2, 0.25) is 0 Å². The third kappa shape index (κ3) is 5.06. The van der Waals surface area contributed by atoms with Gasteiger partial charge in [0, 0.05) is 36.9 Å². The highest BCUT2D eigenvalue weighted by Crippen LogP contribution is 2.33. The van der Waals surface area contributed by atoms with E-state index in [1.54, 1.807) is 29.4 Å². The quantitative estimate of drug-likeness (QED) is 0.353. The Morgan fingerprint density at radius 2 is 2.15 bits per heavy atom. The molecule has 9 heteroatoms. The zero-order valence-corrected chi connectivity index (χ0v) is 20.5. The molecule has 0 aliphatic carbocycles. The second-order valence-corrected chi connectivity index (χ2v) is 9.95. The number of halogens is 1. The Kier molecular flexibility index (Phi) is 6.47. The van der Waals surface area contributed by atoms with Crippen LogP contribution in [0.3, 0.4) is 0 Å². The van der Waals surface area contributed by atoms with Crippen molar-refractivity contribution in [1.29, 1.82) is 5.26 Å². The smallest absolute Gasteiger partial charge is 0.263 e. The molecular formula is C24H23IN6O2. The summed E-state index contributed by atoms with van der Waals surface area (Å²) in [7, 11) is 0. The second-order valence-electron chi connectivity index (χ2n) is 8.79. The summed E-state index contributed by atoms with van der Waals surface area (Å²) in [6, 6.07) is 9.15. The lowest BCUT2D eigenvalue weighted by Crippen LogP contribution is -2.41. The highest BCUT2D eigenvalue weighted by molar-refractivity contribution is 14.1. The van der Waals surface area contributed by atoms with Crippen molar-refractivity contribution in [3.63, 3.8) is 0 Å². The summed E-state index contributed by atoms with van der Waals surface area (Å²) in [5, 5.41) is 9.43. The maximum absolute atomic E-state index is 13.1. The third-order valence-electron chi connectivity index (χ3n) is 5.58. The summed E-state index contributed by atoms with van der Waals surface area (Å²) >= 11 is 1.86. The number of hydrogen-bond acceptors (Lipinski definition) is 5. The van der Waals surface area contributed by atoms with E-state index in [4.69, 9.17) is 0 Å². The number of nitrogens with zero attached hydrogens (tertiary/aromatic N) is 6. The molecule has 1 aliphatic heterocycles. The molecule has 0 radical (unpaired) electrons. The molecule has 168 valence electrons. The lowest BCUT2D eigenvalue weighted by molar-refractivity contribution is -0.131. The normalized spacial score (nSPS) is 17.4. The van der Waals surface area contributed by atoms with Gasteiger partial charge in [-0.25, -0.2) is 4.98 Å². The molecule has 1 saturated heterocycles. The molecule has 1 atom stereocenters. The Balaban J connectivity index is 1.49. The molecule has 1 aliphatic rings. The standard InChI is InChI=1S/C24H23IN6O2/c1-24(2)11-19(12-26)30(16-24)22(32)15-31(25)23(33)20-8-9-27-13-17(20)6-7-18-14-29-10-4-3-5-21(29)28-18/h3-10,13-14,19H,11,15-16H2,1-2H3/b7-6+. The van der Waals surface area contributed by atoms with Gasteiger partial charge in [0.15, 0.2) is 0 Å². The molecule has 33 heavy (non-hydrogen) atoms. The Morgan fingerprint density at radius 3 is 2.91 bits per heavy atom. The summed E-state index contributed by atoms with van der Waals surface area (Å²) < 4.78 is 3.28. The molecule has 0 saturated carbocycles. The van der Waals surface area contributed by atoms with Crippen molar-refractivity contribution in [3.05, 3.63) is 65.9 Å². The van der Waals surface area contributed by atoms with Crippen LogP contribution >= 0.6 is 22.9 Å². The molecule has 0 bridgehead atoms. The predicted molar refractivity (Wildman–Crippen MR) is 133 cm³/mol. The van der Waals surface area contributed by atoms with Crippen LogP contribution in [0, 0.1) is 16.7 Å². The van der Waals surface area contributed by atoms with Gasteiger partial charge in [0.1, 0.15) is 18.2 Å². The molecular weight excluding hydrogens is 531 g/mol. The van der Waals surface area contributed by atoms with E-state index in [1.165, 1.54) is 3.11 Å². The van der Waals surface area contributed by atoms with E-state index in [2.05, 4.69) is 16.0 Å². The van der Waals surface area contributed by atoms with Crippen LogP contribution in [0.15, 0.2) is 49.1 Å². The van der Waals surface area contributed by atoms with Gasteiger partial charge in [-0.2, -0.15) is 5.26 Å². The van der Waals surface area contributed by atoms with E-state index in [0.29, 0.717) is 24.1 Å². The zero-order chi connectivity index (χ0) is 23.6. The molecule has 3 aromatic rings. The van der Waals surface area contributed by atoms with Crippen molar-refractivity contribution in [2.45, 2.75) is 26.3 Å². The first-order valence-corrected chi connectivity index (χ1v) is 11.5.